The van der Waals surface area contributed by atoms with Crippen LogP contribution in [0.4, 0.5) is 4.39 Å². The van der Waals surface area contributed by atoms with E-state index in [2.05, 4.69) is 21.2 Å². The summed E-state index contributed by atoms with van der Waals surface area (Å²) in [4.78, 5) is 11.4. The lowest BCUT2D eigenvalue weighted by Crippen LogP contribution is -2.35. The number of carboxylic acids is 1. The number of hydrogen-bond acceptors (Lipinski definition) is 2. The van der Waals surface area contributed by atoms with Gasteiger partial charge in [-0.2, -0.15) is 0 Å². The summed E-state index contributed by atoms with van der Waals surface area (Å²) in [7, 11) is 0. The van der Waals surface area contributed by atoms with Gasteiger partial charge in [0.1, 0.15) is 5.82 Å². The summed E-state index contributed by atoms with van der Waals surface area (Å²) in [6, 6.07) is 4.72. The molecule has 0 saturated carbocycles. The van der Waals surface area contributed by atoms with Gasteiger partial charge in [0.15, 0.2) is 0 Å². The minimum Gasteiger partial charge on any atom is -0.481 e. The molecule has 2 N–H and O–H groups in total. The van der Waals surface area contributed by atoms with Crippen molar-refractivity contribution in [3.05, 3.63) is 34.1 Å². The third-order valence-corrected chi connectivity index (χ3v) is 4.15. The predicted octanol–water partition coefficient (Wildman–Crippen LogP) is 2.20. The van der Waals surface area contributed by atoms with Crippen LogP contribution in [0.5, 0.6) is 0 Å². The molecule has 1 aromatic carbocycles. The van der Waals surface area contributed by atoms with Crippen molar-refractivity contribution in [1.82, 2.24) is 5.32 Å². The van der Waals surface area contributed by atoms with E-state index in [0.717, 1.165) is 0 Å². The normalized spacial score (nSPS) is 23.9. The van der Waals surface area contributed by atoms with Crippen molar-refractivity contribution >= 4 is 21.9 Å². The van der Waals surface area contributed by atoms with Gasteiger partial charge in [0.2, 0.25) is 0 Å². The van der Waals surface area contributed by atoms with Crippen molar-refractivity contribution in [2.75, 3.05) is 13.1 Å². The van der Waals surface area contributed by atoms with Crippen LogP contribution in [0.2, 0.25) is 0 Å². The Morgan fingerprint density at radius 3 is 2.94 bits per heavy atom. The van der Waals surface area contributed by atoms with Gasteiger partial charge < -0.3 is 10.4 Å². The number of benzene rings is 1. The van der Waals surface area contributed by atoms with Crippen LogP contribution in [0, 0.1) is 11.2 Å². The molecular weight excluding hydrogens is 289 g/mol. The minimum absolute atomic E-state index is 0.341. The Morgan fingerprint density at radius 1 is 1.59 bits per heavy atom. The molecule has 1 aromatic rings. The molecule has 1 saturated heterocycles. The lowest BCUT2D eigenvalue weighted by molar-refractivity contribution is -0.147. The van der Waals surface area contributed by atoms with Crippen LogP contribution < -0.4 is 5.32 Å². The highest BCUT2D eigenvalue weighted by Crippen LogP contribution is 2.33. The van der Waals surface area contributed by atoms with Crippen LogP contribution in [-0.2, 0) is 11.2 Å². The smallest absolute Gasteiger partial charge is 0.311 e. The number of aliphatic carboxylic acids is 1. The molecule has 0 aromatic heterocycles. The summed E-state index contributed by atoms with van der Waals surface area (Å²) >= 11 is 3.17. The molecule has 1 heterocycles. The second-order valence-corrected chi connectivity index (χ2v) is 5.19. The Hall–Kier alpha value is -0.940. The highest BCUT2D eigenvalue weighted by Gasteiger charge is 2.41. The fourth-order valence-corrected chi connectivity index (χ4v) is 2.61. The molecule has 3 nitrogen and oxygen atoms in total. The summed E-state index contributed by atoms with van der Waals surface area (Å²) in [6.45, 7) is 1.13. The van der Waals surface area contributed by atoms with Crippen LogP contribution in [0.1, 0.15) is 12.0 Å². The van der Waals surface area contributed by atoms with Crippen molar-refractivity contribution in [3.8, 4) is 0 Å². The monoisotopic (exact) mass is 301 g/mol. The maximum absolute atomic E-state index is 13.4. The first-order chi connectivity index (χ1) is 8.05. The molecule has 0 spiro atoms. The second kappa shape index (κ2) is 4.74. The molecule has 2 rings (SSSR count). The van der Waals surface area contributed by atoms with Crippen LogP contribution in [0.3, 0.4) is 0 Å². The molecular formula is C12H13BrFNO2. The lowest BCUT2D eigenvalue weighted by atomic mass is 9.81. The number of nitrogens with one attached hydrogen (secondary N) is 1. The SMILES string of the molecule is O=C(O)C1(Cc2cccc(F)c2Br)CCNC1. The molecule has 0 aliphatic carbocycles. The van der Waals surface area contributed by atoms with E-state index in [0.29, 0.717) is 36.0 Å². The zero-order valence-corrected chi connectivity index (χ0v) is 10.8. The van der Waals surface area contributed by atoms with E-state index in [4.69, 9.17) is 0 Å². The summed E-state index contributed by atoms with van der Waals surface area (Å²) in [5.74, 6) is -1.17. The van der Waals surface area contributed by atoms with E-state index in [9.17, 15) is 14.3 Å². The van der Waals surface area contributed by atoms with E-state index >= 15 is 0 Å². The molecule has 1 atom stereocenters. The molecule has 5 heteroatoms. The third kappa shape index (κ3) is 2.35. The fourth-order valence-electron chi connectivity index (χ4n) is 2.20. The summed E-state index contributed by atoms with van der Waals surface area (Å²) in [5, 5.41) is 12.4. The van der Waals surface area contributed by atoms with E-state index in [1.165, 1.54) is 6.07 Å². The largest absolute Gasteiger partial charge is 0.481 e. The number of rotatable bonds is 3. The van der Waals surface area contributed by atoms with Crippen LogP contribution in [-0.4, -0.2) is 24.2 Å². The highest BCUT2D eigenvalue weighted by molar-refractivity contribution is 9.10. The van der Waals surface area contributed by atoms with Gasteiger partial charge in [-0.15, -0.1) is 0 Å². The first-order valence-corrected chi connectivity index (χ1v) is 6.21. The van der Waals surface area contributed by atoms with Crippen molar-refractivity contribution in [2.24, 2.45) is 5.41 Å². The summed E-state index contributed by atoms with van der Waals surface area (Å²) < 4.78 is 13.7. The zero-order valence-electron chi connectivity index (χ0n) is 9.17. The molecule has 1 fully saturated rings. The molecule has 0 bridgehead atoms. The summed E-state index contributed by atoms with van der Waals surface area (Å²) in [5.41, 5.74) is -0.104. The maximum atomic E-state index is 13.4. The molecule has 1 aliphatic rings. The van der Waals surface area contributed by atoms with E-state index < -0.39 is 11.4 Å². The molecule has 0 amide bonds. The Labute approximate surface area is 107 Å². The highest BCUT2D eigenvalue weighted by atomic mass is 79.9. The van der Waals surface area contributed by atoms with Gasteiger partial charge in [-0.05, 0) is 46.9 Å². The molecule has 0 radical (unpaired) electrons. The number of carbonyl (C=O) groups is 1. The van der Waals surface area contributed by atoms with Gasteiger partial charge >= 0.3 is 5.97 Å². The second-order valence-electron chi connectivity index (χ2n) is 4.40. The van der Waals surface area contributed by atoms with Gasteiger partial charge in [-0.1, -0.05) is 12.1 Å². The standard InChI is InChI=1S/C12H13BrFNO2/c13-10-8(2-1-3-9(10)14)6-12(11(16)17)4-5-15-7-12/h1-3,15H,4-7H2,(H,16,17). The van der Waals surface area contributed by atoms with Crippen molar-refractivity contribution in [3.63, 3.8) is 0 Å². The Balaban J connectivity index is 2.30. The van der Waals surface area contributed by atoms with E-state index in [-0.39, 0.29) is 5.82 Å². The lowest BCUT2D eigenvalue weighted by Gasteiger charge is -2.23. The van der Waals surface area contributed by atoms with E-state index in [1.54, 1.807) is 12.1 Å². The predicted molar refractivity (Wildman–Crippen MR) is 65.4 cm³/mol. The molecule has 1 aliphatic heterocycles. The van der Waals surface area contributed by atoms with Gasteiger partial charge in [-0.3, -0.25) is 4.79 Å². The fraction of sp³-hybridized carbons (Fsp3) is 0.417. The Bertz CT molecular complexity index is 444. The van der Waals surface area contributed by atoms with Crippen molar-refractivity contribution in [1.29, 1.82) is 0 Å². The number of hydrogen-bond donors (Lipinski definition) is 2. The third-order valence-electron chi connectivity index (χ3n) is 3.26. The van der Waals surface area contributed by atoms with Gasteiger partial charge in [-0.25, -0.2) is 4.39 Å². The quantitative estimate of drug-likeness (QED) is 0.900. The maximum Gasteiger partial charge on any atom is 0.311 e. The average molecular weight is 302 g/mol. The Morgan fingerprint density at radius 2 is 2.35 bits per heavy atom. The minimum atomic E-state index is -0.821. The van der Waals surface area contributed by atoms with Crippen molar-refractivity contribution in [2.45, 2.75) is 12.8 Å². The zero-order chi connectivity index (χ0) is 12.5. The number of carboxylic acid groups (broad SMARTS) is 1. The molecule has 1 unspecified atom stereocenters. The van der Waals surface area contributed by atoms with Gasteiger partial charge in [0.25, 0.3) is 0 Å². The van der Waals surface area contributed by atoms with Gasteiger partial charge in [0, 0.05) is 6.54 Å². The number of halogens is 2. The topological polar surface area (TPSA) is 49.3 Å². The van der Waals surface area contributed by atoms with Crippen LogP contribution in [0.15, 0.2) is 22.7 Å². The van der Waals surface area contributed by atoms with E-state index in [1.807, 2.05) is 0 Å². The molecule has 92 valence electrons. The molecule has 17 heavy (non-hydrogen) atoms. The first-order valence-electron chi connectivity index (χ1n) is 5.42. The van der Waals surface area contributed by atoms with Crippen molar-refractivity contribution < 1.29 is 14.3 Å². The first kappa shape index (κ1) is 12.5. The van der Waals surface area contributed by atoms with Gasteiger partial charge in [0.05, 0.1) is 9.89 Å². The van der Waals surface area contributed by atoms with Crippen LogP contribution >= 0.6 is 15.9 Å². The average Bonchev–Trinajstić information content (AvgIpc) is 2.75. The van der Waals surface area contributed by atoms with Crippen LogP contribution in [0.25, 0.3) is 0 Å². The summed E-state index contributed by atoms with van der Waals surface area (Å²) in [6.07, 6.45) is 0.916. The Kier molecular flexibility index (Phi) is 3.49.